The van der Waals surface area contributed by atoms with Crippen LogP contribution in [-0.2, 0) is 9.53 Å². The lowest BCUT2D eigenvalue weighted by atomic mass is 10.3. The van der Waals surface area contributed by atoms with Crippen LogP contribution in [0.2, 0.25) is 0 Å². The van der Waals surface area contributed by atoms with E-state index in [2.05, 4.69) is 10.2 Å². The Morgan fingerprint density at radius 2 is 2.06 bits per heavy atom. The minimum Gasteiger partial charge on any atom is -0.379 e. The first kappa shape index (κ1) is 13.4. The molecule has 1 aliphatic rings. The molecule has 0 aromatic carbocycles. The third-order valence-electron chi connectivity index (χ3n) is 2.71. The van der Waals surface area contributed by atoms with E-state index >= 15 is 0 Å². The molecule has 1 fully saturated rings. The number of ether oxygens (including phenoxy) is 1. The molecule has 16 heavy (non-hydrogen) atoms. The quantitative estimate of drug-likeness (QED) is 0.617. The van der Waals surface area contributed by atoms with Gasteiger partial charge >= 0.3 is 0 Å². The summed E-state index contributed by atoms with van der Waals surface area (Å²) in [6.07, 6.45) is 1.08. The smallest absolute Gasteiger partial charge is 0.236 e. The van der Waals surface area contributed by atoms with Crippen molar-refractivity contribution in [1.82, 2.24) is 15.1 Å². The fraction of sp³-hybridized carbons (Fsp3) is 0.909. The van der Waals surface area contributed by atoms with E-state index in [4.69, 9.17) is 4.74 Å². The molecule has 0 aromatic rings. The van der Waals surface area contributed by atoms with Crippen LogP contribution in [0.25, 0.3) is 0 Å². The molecule has 0 aliphatic carbocycles. The van der Waals surface area contributed by atoms with Gasteiger partial charge in [0.2, 0.25) is 5.91 Å². The zero-order valence-electron chi connectivity index (χ0n) is 10.4. The van der Waals surface area contributed by atoms with Crippen LogP contribution < -0.4 is 5.32 Å². The van der Waals surface area contributed by atoms with E-state index in [1.165, 1.54) is 0 Å². The molecule has 1 heterocycles. The minimum absolute atomic E-state index is 0.131. The number of carbonyl (C=O) groups excluding carboxylic acids is 1. The highest BCUT2D eigenvalue weighted by Gasteiger charge is 2.09. The molecule has 0 spiro atoms. The van der Waals surface area contributed by atoms with Crippen LogP contribution in [0.3, 0.4) is 0 Å². The van der Waals surface area contributed by atoms with Gasteiger partial charge in [-0.05, 0) is 19.5 Å². The Bertz CT molecular complexity index is 203. The molecule has 94 valence electrons. The highest BCUT2D eigenvalue weighted by Crippen LogP contribution is 1.97. The van der Waals surface area contributed by atoms with Gasteiger partial charge in [0.25, 0.3) is 0 Å². The number of hydrogen-bond acceptors (Lipinski definition) is 4. The molecular formula is C11H23N3O2. The lowest BCUT2D eigenvalue weighted by molar-refractivity contribution is -0.127. The summed E-state index contributed by atoms with van der Waals surface area (Å²) in [5.41, 5.74) is 0. The van der Waals surface area contributed by atoms with Crippen LogP contribution in [0.4, 0.5) is 0 Å². The topological polar surface area (TPSA) is 44.8 Å². The molecular weight excluding hydrogens is 206 g/mol. The van der Waals surface area contributed by atoms with Gasteiger partial charge in [0.1, 0.15) is 0 Å². The lowest BCUT2D eigenvalue weighted by Gasteiger charge is -2.26. The number of likely N-dealkylation sites (N-methyl/N-ethyl adjacent to an activating group) is 1. The van der Waals surface area contributed by atoms with Crippen molar-refractivity contribution < 1.29 is 9.53 Å². The molecule has 0 bridgehead atoms. The normalized spacial score (nSPS) is 17.4. The van der Waals surface area contributed by atoms with E-state index in [1.54, 1.807) is 19.0 Å². The molecule has 0 aromatic heterocycles. The summed E-state index contributed by atoms with van der Waals surface area (Å²) in [6, 6.07) is 0. The number of carbonyl (C=O) groups is 1. The first-order chi connectivity index (χ1) is 7.70. The number of nitrogens with zero attached hydrogens (tertiary/aromatic N) is 2. The monoisotopic (exact) mass is 229 g/mol. The van der Waals surface area contributed by atoms with Crippen LogP contribution in [-0.4, -0.2) is 75.7 Å². The molecule has 1 aliphatic heterocycles. The second-order valence-electron chi connectivity index (χ2n) is 4.27. The fourth-order valence-electron chi connectivity index (χ4n) is 1.61. The van der Waals surface area contributed by atoms with Crippen molar-refractivity contribution in [2.24, 2.45) is 0 Å². The van der Waals surface area contributed by atoms with Gasteiger partial charge in [0.15, 0.2) is 0 Å². The van der Waals surface area contributed by atoms with Crippen molar-refractivity contribution in [1.29, 1.82) is 0 Å². The Kier molecular flexibility index (Phi) is 6.37. The molecule has 5 nitrogen and oxygen atoms in total. The van der Waals surface area contributed by atoms with E-state index in [1.807, 2.05) is 0 Å². The first-order valence-electron chi connectivity index (χ1n) is 5.91. The molecule has 0 unspecified atom stereocenters. The van der Waals surface area contributed by atoms with Crippen molar-refractivity contribution in [2.45, 2.75) is 6.42 Å². The Labute approximate surface area is 97.7 Å². The number of rotatable bonds is 6. The van der Waals surface area contributed by atoms with Crippen LogP contribution in [0.5, 0.6) is 0 Å². The van der Waals surface area contributed by atoms with E-state index in [0.29, 0.717) is 6.54 Å². The van der Waals surface area contributed by atoms with E-state index in [-0.39, 0.29) is 5.91 Å². The summed E-state index contributed by atoms with van der Waals surface area (Å²) in [6.45, 7) is 6.21. The molecule has 0 atom stereocenters. The van der Waals surface area contributed by atoms with Crippen molar-refractivity contribution >= 4 is 5.91 Å². The maximum Gasteiger partial charge on any atom is 0.236 e. The van der Waals surface area contributed by atoms with Crippen molar-refractivity contribution in [3.05, 3.63) is 0 Å². The largest absolute Gasteiger partial charge is 0.379 e. The molecule has 1 rings (SSSR count). The highest BCUT2D eigenvalue weighted by atomic mass is 16.5. The fourth-order valence-corrected chi connectivity index (χ4v) is 1.61. The van der Waals surface area contributed by atoms with Crippen LogP contribution >= 0.6 is 0 Å². The summed E-state index contributed by atoms with van der Waals surface area (Å²) < 4.78 is 5.28. The summed E-state index contributed by atoms with van der Waals surface area (Å²) in [5, 5.41) is 3.16. The molecule has 0 saturated carbocycles. The predicted molar refractivity (Wildman–Crippen MR) is 63.4 cm³/mol. The van der Waals surface area contributed by atoms with Crippen molar-refractivity contribution in [3.63, 3.8) is 0 Å². The average molecular weight is 229 g/mol. The summed E-state index contributed by atoms with van der Waals surface area (Å²) in [5.74, 6) is 0.131. The van der Waals surface area contributed by atoms with Crippen molar-refractivity contribution in [2.75, 3.05) is 60.0 Å². The summed E-state index contributed by atoms with van der Waals surface area (Å²) >= 11 is 0. The number of hydrogen-bond donors (Lipinski definition) is 1. The Hall–Kier alpha value is -0.650. The second-order valence-corrected chi connectivity index (χ2v) is 4.27. The molecule has 1 N–H and O–H groups in total. The van der Waals surface area contributed by atoms with Gasteiger partial charge in [0, 0.05) is 27.2 Å². The third kappa shape index (κ3) is 5.44. The Morgan fingerprint density at radius 3 is 2.69 bits per heavy atom. The van der Waals surface area contributed by atoms with Gasteiger partial charge in [-0.3, -0.25) is 9.69 Å². The molecule has 0 radical (unpaired) electrons. The summed E-state index contributed by atoms with van der Waals surface area (Å²) in [4.78, 5) is 15.3. The van der Waals surface area contributed by atoms with Gasteiger partial charge in [-0.25, -0.2) is 0 Å². The van der Waals surface area contributed by atoms with Crippen LogP contribution in [0.1, 0.15) is 6.42 Å². The predicted octanol–water partition coefficient (Wildman–Crippen LogP) is -0.613. The zero-order chi connectivity index (χ0) is 11.8. The third-order valence-corrected chi connectivity index (χ3v) is 2.71. The SMILES string of the molecule is CN(C)C(=O)CNCCCN1CCOCC1. The molecule has 1 amide bonds. The average Bonchev–Trinajstić information content (AvgIpc) is 2.29. The Morgan fingerprint density at radius 1 is 1.38 bits per heavy atom. The number of morpholine rings is 1. The first-order valence-corrected chi connectivity index (χ1v) is 5.91. The van der Waals surface area contributed by atoms with E-state index < -0.39 is 0 Å². The summed E-state index contributed by atoms with van der Waals surface area (Å²) in [7, 11) is 3.55. The van der Waals surface area contributed by atoms with Crippen LogP contribution in [0, 0.1) is 0 Å². The molecule has 5 heteroatoms. The van der Waals surface area contributed by atoms with Gasteiger partial charge < -0.3 is 15.0 Å². The molecule has 1 saturated heterocycles. The minimum atomic E-state index is 0.131. The van der Waals surface area contributed by atoms with Gasteiger partial charge in [-0.1, -0.05) is 0 Å². The maximum atomic E-state index is 11.2. The van der Waals surface area contributed by atoms with E-state index in [9.17, 15) is 4.79 Å². The lowest BCUT2D eigenvalue weighted by Crippen LogP contribution is -2.38. The maximum absolute atomic E-state index is 11.2. The number of amides is 1. The number of nitrogens with one attached hydrogen (secondary N) is 1. The van der Waals surface area contributed by atoms with Crippen LogP contribution in [0.15, 0.2) is 0 Å². The standard InChI is InChI=1S/C11H23N3O2/c1-13(2)11(15)10-12-4-3-5-14-6-8-16-9-7-14/h12H,3-10H2,1-2H3. The highest BCUT2D eigenvalue weighted by molar-refractivity contribution is 5.77. The second kappa shape index (κ2) is 7.60. The van der Waals surface area contributed by atoms with Gasteiger partial charge in [0.05, 0.1) is 19.8 Å². The van der Waals surface area contributed by atoms with Gasteiger partial charge in [-0.2, -0.15) is 0 Å². The van der Waals surface area contributed by atoms with Gasteiger partial charge in [-0.15, -0.1) is 0 Å². The Balaban J connectivity index is 1.93. The van der Waals surface area contributed by atoms with E-state index in [0.717, 1.165) is 45.8 Å². The zero-order valence-corrected chi connectivity index (χ0v) is 10.4. The van der Waals surface area contributed by atoms with Crippen molar-refractivity contribution in [3.8, 4) is 0 Å².